The van der Waals surface area contributed by atoms with Gasteiger partial charge in [-0.05, 0) is 66.9 Å². The van der Waals surface area contributed by atoms with Crippen LogP contribution >= 0.6 is 23.7 Å². The second-order valence-electron chi connectivity index (χ2n) is 9.69. The molecule has 1 aromatic heterocycles. The van der Waals surface area contributed by atoms with Crippen molar-refractivity contribution in [1.29, 1.82) is 0 Å². The average Bonchev–Trinajstić information content (AvgIpc) is 3.34. The molecule has 1 aliphatic rings. The third kappa shape index (κ3) is 7.55. The molecule has 0 bridgehead atoms. The van der Waals surface area contributed by atoms with Crippen LogP contribution in [0.4, 0.5) is 10.7 Å². The summed E-state index contributed by atoms with van der Waals surface area (Å²) in [7, 11) is -2.39. The number of amides is 1. The van der Waals surface area contributed by atoms with Crippen LogP contribution in [-0.4, -0.2) is 45.5 Å². The Morgan fingerprint density at radius 1 is 1.00 bits per heavy atom. The monoisotopic (exact) mass is 641 g/mol. The first-order valence-electron chi connectivity index (χ1n) is 13.4. The van der Waals surface area contributed by atoms with E-state index in [-0.39, 0.29) is 35.2 Å². The number of sulfonamides is 1. The van der Waals surface area contributed by atoms with Crippen LogP contribution in [0, 0.1) is 0 Å². The fraction of sp³-hybridized carbons (Fsp3) is 0.226. The van der Waals surface area contributed by atoms with E-state index in [4.69, 9.17) is 9.47 Å². The van der Waals surface area contributed by atoms with Crippen molar-refractivity contribution in [2.24, 2.45) is 0 Å². The zero-order chi connectivity index (χ0) is 29.7. The molecule has 12 heteroatoms. The minimum Gasteiger partial charge on any atom is -0.497 e. The highest BCUT2D eigenvalue weighted by atomic mass is 35.5. The number of esters is 1. The van der Waals surface area contributed by atoms with E-state index in [1.807, 2.05) is 18.2 Å². The zero-order valence-electron chi connectivity index (χ0n) is 23.7. The van der Waals surface area contributed by atoms with Crippen LogP contribution < -0.4 is 14.8 Å². The van der Waals surface area contributed by atoms with Crippen LogP contribution in [0.25, 0.3) is 0 Å². The summed E-state index contributed by atoms with van der Waals surface area (Å²) in [5.74, 6) is -0.400. The SMILES string of the molecule is CCOC(=O)c1c(NC(=O)c2cccc(NS(=O)(=O)c3ccc(OC)cc3)c2)sc2c1CCN(Cc1ccccc1)C2.Cl. The summed E-state index contributed by atoms with van der Waals surface area (Å²) in [6.07, 6.45) is 0.658. The Morgan fingerprint density at radius 3 is 2.44 bits per heavy atom. The number of carbonyl (C=O) groups excluding carboxylic acids is 2. The fourth-order valence-electron chi connectivity index (χ4n) is 4.81. The molecule has 0 atom stereocenters. The van der Waals surface area contributed by atoms with E-state index in [1.54, 1.807) is 37.3 Å². The van der Waals surface area contributed by atoms with Gasteiger partial charge < -0.3 is 14.8 Å². The van der Waals surface area contributed by atoms with Crippen LogP contribution in [0.1, 0.15) is 43.6 Å². The molecule has 0 aliphatic carbocycles. The number of nitrogens with one attached hydrogen (secondary N) is 2. The minimum atomic E-state index is -3.90. The van der Waals surface area contributed by atoms with Crippen molar-refractivity contribution >= 4 is 56.3 Å². The number of ether oxygens (including phenoxy) is 2. The predicted molar refractivity (Wildman–Crippen MR) is 170 cm³/mol. The Morgan fingerprint density at radius 2 is 1.74 bits per heavy atom. The molecule has 5 rings (SSSR count). The van der Waals surface area contributed by atoms with Gasteiger partial charge in [0, 0.05) is 35.8 Å². The van der Waals surface area contributed by atoms with Gasteiger partial charge in [0.05, 0.1) is 24.2 Å². The Hall–Kier alpha value is -3.90. The number of methoxy groups -OCH3 is 1. The molecule has 4 aromatic rings. The standard InChI is InChI=1S/C31H31N3O6S2.ClH/c1-3-40-31(36)28-26-16-17-34(19-21-8-5-4-6-9-21)20-27(26)41-30(28)32-29(35)22-10-7-11-23(18-22)33-42(37,38)25-14-12-24(39-2)13-15-25;/h4-15,18,33H,3,16-17,19-20H2,1-2H3,(H,32,35);1H. The van der Waals surface area contributed by atoms with Crippen molar-refractivity contribution in [3.63, 3.8) is 0 Å². The smallest absolute Gasteiger partial charge is 0.341 e. The lowest BCUT2D eigenvalue weighted by atomic mass is 10.0. The van der Waals surface area contributed by atoms with Gasteiger partial charge >= 0.3 is 5.97 Å². The van der Waals surface area contributed by atoms with Crippen LogP contribution in [-0.2, 0) is 34.3 Å². The normalized spacial score (nSPS) is 12.9. The first-order valence-corrected chi connectivity index (χ1v) is 15.7. The highest BCUT2D eigenvalue weighted by Gasteiger charge is 2.30. The molecule has 0 saturated heterocycles. The van der Waals surface area contributed by atoms with Gasteiger partial charge in [-0.2, -0.15) is 0 Å². The molecule has 226 valence electrons. The average molecular weight is 642 g/mol. The number of anilines is 2. The van der Waals surface area contributed by atoms with Crippen molar-refractivity contribution in [2.45, 2.75) is 31.3 Å². The van der Waals surface area contributed by atoms with Crippen LogP contribution in [0.5, 0.6) is 5.75 Å². The number of hydrogen-bond donors (Lipinski definition) is 2. The Labute approximate surface area is 261 Å². The topological polar surface area (TPSA) is 114 Å². The number of rotatable bonds is 10. The number of hydrogen-bond acceptors (Lipinski definition) is 8. The lowest BCUT2D eigenvalue weighted by molar-refractivity contribution is 0.0526. The number of halogens is 1. The molecule has 9 nitrogen and oxygen atoms in total. The summed E-state index contributed by atoms with van der Waals surface area (Å²) in [6, 6.07) is 22.4. The lowest BCUT2D eigenvalue weighted by Gasteiger charge is -2.27. The predicted octanol–water partition coefficient (Wildman–Crippen LogP) is 5.97. The summed E-state index contributed by atoms with van der Waals surface area (Å²) in [4.78, 5) is 29.8. The van der Waals surface area contributed by atoms with Gasteiger partial charge in [-0.15, -0.1) is 23.7 Å². The van der Waals surface area contributed by atoms with E-state index in [0.717, 1.165) is 23.5 Å². The second-order valence-corrected chi connectivity index (χ2v) is 12.5. The number of benzene rings is 3. The maximum absolute atomic E-state index is 13.4. The Balaban J connectivity index is 0.00000423. The van der Waals surface area contributed by atoms with Gasteiger partial charge in [-0.3, -0.25) is 14.4 Å². The number of thiophene rings is 1. The molecule has 43 heavy (non-hydrogen) atoms. The van der Waals surface area contributed by atoms with Crippen molar-refractivity contribution in [1.82, 2.24) is 4.90 Å². The molecule has 1 amide bonds. The van der Waals surface area contributed by atoms with Crippen molar-refractivity contribution in [2.75, 3.05) is 30.3 Å². The molecule has 2 heterocycles. The summed E-state index contributed by atoms with van der Waals surface area (Å²) >= 11 is 1.37. The number of nitrogens with zero attached hydrogens (tertiary/aromatic N) is 1. The van der Waals surface area contributed by atoms with Crippen LogP contribution in [0.3, 0.4) is 0 Å². The van der Waals surface area contributed by atoms with Crippen LogP contribution in [0.15, 0.2) is 83.8 Å². The van der Waals surface area contributed by atoms with E-state index in [0.29, 0.717) is 29.3 Å². The van der Waals surface area contributed by atoms with Gasteiger partial charge in [-0.25, -0.2) is 13.2 Å². The van der Waals surface area contributed by atoms with Gasteiger partial charge in [0.15, 0.2) is 0 Å². The molecular weight excluding hydrogens is 610 g/mol. The summed E-state index contributed by atoms with van der Waals surface area (Å²) in [6.45, 7) is 4.17. The van der Waals surface area contributed by atoms with E-state index < -0.39 is 21.9 Å². The highest BCUT2D eigenvalue weighted by molar-refractivity contribution is 7.92. The molecule has 0 radical (unpaired) electrons. The lowest BCUT2D eigenvalue weighted by Crippen LogP contribution is -2.29. The van der Waals surface area contributed by atoms with Gasteiger partial charge in [0.1, 0.15) is 10.8 Å². The van der Waals surface area contributed by atoms with E-state index >= 15 is 0 Å². The maximum atomic E-state index is 13.4. The van der Waals surface area contributed by atoms with E-state index in [9.17, 15) is 18.0 Å². The van der Waals surface area contributed by atoms with Crippen molar-refractivity contribution in [3.8, 4) is 5.75 Å². The van der Waals surface area contributed by atoms with Gasteiger partial charge in [0.2, 0.25) is 0 Å². The quantitative estimate of drug-likeness (QED) is 0.205. The van der Waals surface area contributed by atoms with Gasteiger partial charge in [0.25, 0.3) is 15.9 Å². The van der Waals surface area contributed by atoms with Crippen molar-refractivity contribution in [3.05, 3.63) is 106 Å². The van der Waals surface area contributed by atoms with E-state index in [1.165, 1.54) is 42.2 Å². The summed E-state index contributed by atoms with van der Waals surface area (Å²) in [5.41, 5.74) is 2.96. The maximum Gasteiger partial charge on any atom is 0.341 e. The van der Waals surface area contributed by atoms with Crippen molar-refractivity contribution < 1.29 is 27.5 Å². The number of fused-ring (bicyclic) bond motifs is 1. The minimum absolute atomic E-state index is 0. The largest absolute Gasteiger partial charge is 0.497 e. The second kappa shape index (κ2) is 14.0. The zero-order valence-corrected chi connectivity index (χ0v) is 26.1. The molecule has 0 spiro atoms. The van der Waals surface area contributed by atoms with Crippen LogP contribution in [0.2, 0.25) is 0 Å². The third-order valence-corrected chi connectivity index (χ3v) is 9.37. The Kier molecular flexibility index (Phi) is 10.5. The molecular formula is C31H32ClN3O6S2. The first-order chi connectivity index (χ1) is 20.3. The molecule has 0 unspecified atom stereocenters. The molecule has 0 fully saturated rings. The first kappa shape index (κ1) is 32.0. The molecule has 3 aromatic carbocycles. The summed E-state index contributed by atoms with van der Waals surface area (Å²) < 4.78 is 38.8. The van der Waals surface area contributed by atoms with Gasteiger partial charge in [-0.1, -0.05) is 36.4 Å². The Bertz CT molecular complexity index is 1690. The third-order valence-electron chi connectivity index (χ3n) is 6.84. The molecule has 1 aliphatic heterocycles. The number of carbonyl (C=O) groups is 2. The van der Waals surface area contributed by atoms with E-state index in [2.05, 4.69) is 27.1 Å². The fourth-order valence-corrected chi connectivity index (χ4v) is 7.13. The molecule has 2 N–H and O–H groups in total. The summed E-state index contributed by atoms with van der Waals surface area (Å²) in [5, 5.41) is 3.32. The molecule has 0 saturated carbocycles. The highest BCUT2D eigenvalue weighted by Crippen LogP contribution is 2.38.